The van der Waals surface area contributed by atoms with Gasteiger partial charge in [0.25, 0.3) is 5.91 Å². The Morgan fingerprint density at radius 1 is 1.12 bits per heavy atom. The van der Waals surface area contributed by atoms with Crippen LogP contribution in [0.3, 0.4) is 0 Å². The highest BCUT2D eigenvalue weighted by Gasteiger charge is 2.22. The summed E-state index contributed by atoms with van der Waals surface area (Å²) in [7, 11) is 0. The Labute approximate surface area is 140 Å². The van der Waals surface area contributed by atoms with Gasteiger partial charge in [-0.1, -0.05) is 0 Å². The fraction of sp³-hybridized carbons (Fsp3) is 0.263. The molecule has 0 unspecified atom stereocenters. The maximum absolute atomic E-state index is 13.1. The van der Waals surface area contributed by atoms with E-state index >= 15 is 0 Å². The third-order valence-corrected chi connectivity index (χ3v) is 4.20. The van der Waals surface area contributed by atoms with Crippen molar-refractivity contribution < 1.29 is 14.0 Å². The lowest BCUT2D eigenvalue weighted by Crippen LogP contribution is -2.30. The van der Waals surface area contributed by atoms with Gasteiger partial charge < -0.3 is 9.80 Å². The Hall–Kier alpha value is -2.69. The summed E-state index contributed by atoms with van der Waals surface area (Å²) in [6, 6.07) is 12.9. The molecule has 0 N–H and O–H groups in total. The van der Waals surface area contributed by atoms with Gasteiger partial charge in [0.05, 0.1) is 0 Å². The average molecular weight is 326 g/mol. The molecule has 1 fully saturated rings. The monoisotopic (exact) mass is 326 g/mol. The lowest BCUT2D eigenvalue weighted by Gasteiger charge is -2.22. The first-order valence-electron chi connectivity index (χ1n) is 8.08. The van der Waals surface area contributed by atoms with E-state index < -0.39 is 0 Å². The molecule has 2 amide bonds. The summed E-state index contributed by atoms with van der Waals surface area (Å²) in [6.45, 7) is 3.08. The summed E-state index contributed by atoms with van der Waals surface area (Å²) in [5.74, 6) is -0.360. The number of carbonyl (C=O) groups is 2. The van der Waals surface area contributed by atoms with E-state index in [4.69, 9.17) is 0 Å². The van der Waals surface area contributed by atoms with E-state index in [-0.39, 0.29) is 17.6 Å². The zero-order valence-electron chi connectivity index (χ0n) is 13.5. The minimum Gasteiger partial charge on any atom is -0.312 e. The molecule has 1 saturated heterocycles. The molecule has 124 valence electrons. The summed E-state index contributed by atoms with van der Waals surface area (Å²) in [4.78, 5) is 27.8. The first-order chi connectivity index (χ1) is 11.6. The number of amides is 2. The van der Waals surface area contributed by atoms with Crippen molar-refractivity contribution >= 4 is 23.2 Å². The highest BCUT2D eigenvalue weighted by atomic mass is 19.1. The minimum atomic E-state index is -0.332. The van der Waals surface area contributed by atoms with Crippen molar-refractivity contribution in [3.05, 3.63) is 59.9 Å². The summed E-state index contributed by atoms with van der Waals surface area (Å²) in [5, 5.41) is 0. The van der Waals surface area contributed by atoms with Crippen molar-refractivity contribution in [3.63, 3.8) is 0 Å². The summed E-state index contributed by atoms with van der Waals surface area (Å²) >= 11 is 0. The highest BCUT2D eigenvalue weighted by Crippen LogP contribution is 2.23. The van der Waals surface area contributed by atoms with Gasteiger partial charge in [0.2, 0.25) is 5.91 Å². The number of anilines is 2. The van der Waals surface area contributed by atoms with Crippen LogP contribution in [0.2, 0.25) is 0 Å². The van der Waals surface area contributed by atoms with Crippen LogP contribution in [0.5, 0.6) is 0 Å². The number of nitrogens with zero attached hydrogens (tertiary/aromatic N) is 2. The van der Waals surface area contributed by atoms with E-state index in [1.54, 1.807) is 46.2 Å². The normalized spacial score (nSPS) is 14.1. The van der Waals surface area contributed by atoms with Gasteiger partial charge in [-0.15, -0.1) is 0 Å². The molecule has 2 aromatic rings. The van der Waals surface area contributed by atoms with Crippen LogP contribution < -0.4 is 9.80 Å². The molecule has 5 heteroatoms. The van der Waals surface area contributed by atoms with E-state index in [9.17, 15) is 14.0 Å². The maximum Gasteiger partial charge on any atom is 0.258 e. The zero-order chi connectivity index (χ0) is 17.1. The summed E-state index contributed by atoms with van der Waals surface area (Å²) < 4.78 is 13.1. The third kappa shape index (κ3) is 3.15. The first-order valence-corrected chi connectivity index (χ1v) is 8.08. The molecule has 4 nitrogen and oxygen atoms in total. The molecule has 0 spiro atoms. The van der Waals surface area contributed by atoms with Crippen LogP contribution in [-0.4, -0.2) is 24.9 Å². The third-order valence-electron chi connectivity index (χ3n) is 4.20. The van der Waals surface area contributed by atoms with Crippen LogP contribution in [0.4, 0.5) is 15.8 Å². The van der Waals surface area contributed by atoms with Gasteiger partial charge in [-0.25, -0.2) is 4.39 Å². The van der Waals surface area contributed by atoms with Crippen molar-refractivity contribution in [2.24, 2.45) is 0 Å². The molecular formula is C19H19FN2O2. The Bertz CT molecular complexity index is 741. The molecule has 0 bridgehead atoms. The fourth-order valence-corrected chi connectivity index (χ4v) is 2.93. The van der Waals surface area contributed by atoms with Gasteiger partial charge in [0.15, 0.2) is 0 Å². The molecule has 3 rings (SSSR count). The Morgan fingerprint density at radius 3 is 2.33 bits per heavy atom. The number of rotatable bonds is 4. The molecule has 0 aromatic heterocycles. The van der Waals surface area contributed by atoms with E-state index in [2.05, 4.69) is 0 Å². The molecule has 0 saturated carbocycles. The molecule has 2 aromatic carbocycles. The van der Waals surface area contributed by atoms with Crippen molar-refractivity contribution in [3.8, 4) is 0 Å². The van der Waals surface area contributed by atoms with Crippen LogP contribution >= 0.6 is 0 Å². The van der Waals surface area contributed by atoms with E-state index in [0.29, 0.717) is 24.2 Å². The maximum atomic E-state index is 13.1. The van der Waals surface area contributed by atoms with Crippen molar-refractivity contribution in [2.75, 3.05) is 22.9 Å². The number of hydrogen-bond acceptors (Lipinski definition) is 2. The van der Waals surface area contributed by atoms with Gasteiger partial charge in [0, 0.05) is 36.4 Å². The molecule has 1 aliphatic rings. The predicted octanol–water partition coefficient (Wildman–Crippen LogP) is 3.62. The van der Waals surface area contributed by atoms with E-state index in [1.807, 2.05) is 6.92 Å². The lowest BCUT2D eigenvalue weighted by molar-refractivity contribution is -0.117. The van der Waals surface area contributed by atoms with Crippen LogP contribution in [0.1, 0.15) is 30.1 Å². The van der Waals surface area contributed by atoms with Gasteiger partial charge in [0.1, 0.15) is 5.82 Å². The van der Waals surface area contributed by atoms with Crippen LogP contribution in [0.15, 0.2) is 48.5 Å². The Morgan fingerprint density at radius 2 is 1.79 bits per heavy atom. The fourth-order valence-electron chi connectivity index (χ4n) is 2.93. The Kier molecular flexibility index (Phi) is 4.60. The van der Waals surface area contributed by atoms with Gasteiger partial charge in [-0.05, 0) is 61.9 Å². The van der Waals surface area contributed by atoms with Crippen LogP contribution in [-0.2, 0) is 4.79 Å². The number of hydrogen-bond donors (Lipinski definition) is 0. The van der Waals surface area contributed by atoms with Crippen molar-refractivity contribution in [2.45, 2.75) is 19.8 Å². The topological polar surface area (TPSA) is 40.6 Å². The molecule has 1 heterocycles. The largest absolute Gasteiger partial charge is 0.312 e. The molecular weight excluding hydrogens is 307 g/mol. The molecule has 0 radical (unpaired) electrons. The van der Waals surface area contributed by atoms with Crippen LogP contribution in [0.25, 0.3) is 0 Å². The lowest BCUT2D eigenvalue weighted by atomic mass is 10.1. The smallest absolute Gasteiger partial charge is 0.258 e. The molecule has 0 atom stereocenters. The van der Waals surface area contributed by atoms with Gasteiger partial charge in [-0.2, -0.15) is 0 Å². The van der Waals surface area contributed by atoms with Gasteiger partial charge in [-0.3, -0.25) is 9.59 Å². The second-order valence-electron chi connectivity index (χ2n) is 5.72. The average Bonchev–Trinajstić information content (AvgIpc) is 3.03. The number of carbonyl (C=O) groups excluding carboxylic acids is 2. The summed E-state index contributed by atoms with van der Waals surface area (Å²) in [6.07, 6.45) is 1.45. The SMILES string of the molecule is CCN(C(=O)c1ccc(N2CCCC2=O)cc1)c1ccc(F)cc1. The van der Waals surface area contributed by atoms with Crippen LogP contribution in [0, 0.1) is 5.82 Å². The first kappa shape index (κ1) is 16.2. The molecule has 1 aliphatic heterocycles. The highest BCUT2D eigenvalue weighted by molar-refractivity contribution is 6.06. The standard InChI is InChI=1S/C19H19FN2O2/c1-2-21(16-11-7-15(20)8-12-16)19(24)14-5-9-17(10-6-14)22-13-3-4-18(22)23/h5-12H,2-4,13H2,1H3. The quantitative estimate of drug-likeness (QED) is 0.861. The molecule has 24 heavy (non-hydrogen) atoms. The summed E-state index contributed by atoms with van der Waals surface area (Å²) in [5.41, 5.74) is 2.01. The minimum absolute atomic E-state index is 0.121. The zero-order valence-corrected chi connectivity index (χ0v) is 13.5. The number of benzene rings is 2. The Balaban J connectivity index is 1.80. The van der Waals surface area contributed by atoms with E-state index in [0.717, 1.165) is 18.7 Å². The second-order valence-corrected chi connectivity index (χ2v) is 5.72. The van der Waals surface area contributed by atoms with Crippen molar-refractivity contribution in [1.29, 1.82) is 0 Å². The predicted molar refractivity (Wildman–Crippen MR) is 91.8 cm³/mol. The number of halogens is 1. The van der Waals surface area contributed by atoms with Crippen molar-refractivity contribution in [1.82, 2.24) is 0 Å². The second kappa shape index (κ2) is 6.83. The van der Waals surface area contributed by atoms with E-state index in [1.165, 1.54) is 12.1 Å². The molecule has 0 aliphatic carbocycles. The van der Waals surface area contributed by atoms with Gasteiger partial charge >= 0.3 is 0 Å².